The molecule has 8 heteroatoms. The van der Waals surface area contributed by atoms with E-state index in [4.69, 9.17) is 4.42 Å². The van der Waals surface area contributed by atoms with Crippen molar-refractivity contribution in [3.63, 3.8) is 0 Å². The van der Waals surface area contributed by atoms with Crippen molar-refractivity contribution in [1.82, 2.24) is 9.97 Å². The summed E-state index contributed by atoms with van der Waals surface area (Å²) < 4.78 is 20.4. The molecule has 0 aliphatic heterocycles. The number of aryl methyl sites for hydroxylation is 2. The normalized spacial score (nSPS) is 10.9. The highest BCUT2D eigenvalue weighted by atomic mass is 32.2. The summed E-state index contributed by atoms with van der Waals surface area (Å²) in [6, 6.07) is 14.0. The molecular formula is C22H18FN3O2S2. The molecule has 0 atom stereocenters. The van der Waals surface area contributed by atoms with Crippen molar-refractivity contribution in [2.24, 2.45) is 0 Å². The quantitative estimate of drug-likeness (QED) is 0.384. The Morgan fingerprint density at radius 1 is 1.20 bits per heavy atom. The van der Waals surface area contributed by atoms with Crippen molar-refractivity contribution in [1.29, 1.82) is 0 Å². The van der Waals surface area contributed by atoms with Gasteiger partial charge in [0.05, 0.1) is 11.8 Å². The average molecular weight is 440 g/mol. The van der Waals surface area contributed by atoms with Gasteiger partial charge in [-0.05, 0) is 43.3 Å². The van der Waals surface area contributed by atoms with Crippen molar-refractivity contribution >= 4 is 34.7 Å². The second kappa shape index (κ2) is 9.23. The van der Waals surface area contributed by atoms with Gasteiger partial charge in [0.2, 0.25) is 5.91 Å². The zero-order valence-electron chi connectivity index (χ0n) is 16.1. The van der Waals surface area contributed by atoms with Gasteiger partial charge < -0.3 is 9.73 Å². The van der Waals surface area contributed by atoms with E-state index in [1.807, 2.05) is 36.6 Å². The number of benzene rings is 2. The minimum Gasteiger partial charge on any atom is -0.441 e. The lowest BCUT2D eigenvalue weighted by atomic mass is 10.2. The molecule has 0 aliphatic rings. The summed E-state index contributed by atoms with van der Waals surface area (Å²) in [4.78, 5) is 21.9. The first-order chi connectivity index (χ1) is 14.6. The van der Waals surface area contributed by atoms with Crippen molar-refractivity contribution in [3.05, 3.63) is 77.5 Å². The fourth-order valence-electron chi connectivity index (χ4n) is 2.74. The third kappa shape index (κ3) is 5.14. The van der Waals surface area contributed by atoms with E-state index in [-0.39, 0.29) is 18.1 Å². The molecule has 0 saturated carbocycles. The topological polar surface area (TPSA) is 68.0 Å². The van der Waals surface area contributed by atoms with Crippen LogP contribution in [0.2, 0.25) is 0 Å². The highest BCUT2D eigenvalue weighted by Gasteiger charge is 2.12. The number of oxazole rings is 1. The second-order valence-electron chi connectivity index (χ2n) is 6.53. The van der Waals surface area contributed by atoms with Gasteiger partial charge in [0.15, 0.2) is 16.0 Å². The van der Waals surface area contributed by atoms with Crippen molar-refractivity contribution in [2.75, 3.05) is 5.32 Å². The molecule has 0 saturated heterocycles. The summed E-state index contributed by atoms with van der Waals surface area (Å²) in [5.74, 6) is 0.238. The minimum atomic E-state index is -0.371. The highest BCUT2D eigenvalue weighted by molar-refractivity contribution is 8.01. The third-order valence-electron chi connectivity index (χ3n) is 4.20. The van der Waals surface area contributed by atoms with Gasteiger partial charge in [-0.1, -0.05) is 23.9 Å². The van der Waals surface area contributed by atoms with E-state index in [0.717, 1.165) is 20.6 Å². The number of anilines is 1. The number of rotatable bonds is 7. The lowest BCUT2D eigenvalue weighted by Gasteiger charge is -2.05. The van der Waals surface area contributed by atoms with Crippen LogP contribution in [0.4, 0.5) is 10.1 Å². The first-order valence-electron chi connectivity index (χ1n) is 9.26. The number of halogens is 1. The van der Waals surface area contributed by atoms with Crippen molar-refractivity contribution in [3.8, 4) is 11.3 Å². The molecule has 0 aliphatic carbocycles. The Balaban J connectivity index is 1.29. The summed E-state index contributed by atoms with van der Waals surface area (Å²) in [6.07, 6.45) is 2.02. The number of aromatic nitrogens is 2. The van der Waals surface area contributed by atoms with Gasteiger partial charge >= 0.3 is 0 Å². The highest BCUT2D eigenvalue weighted by Crippen LogP contribution is 2.31. The number of hydrogen-bond acceptors (Lipinski definition) is 6. The summed E-state index contributed by atoms with van der Waals surface area (Å²) in [5, 5.41) is 4.88. The van der Waals surface area contributed by atoms with Crippen LogP contribution < -0.4 is 5.32 Å². The van der Waals surface area contributed by atoms with Gasteiger partial charge in [-0.15, -0.1) is 11.3 Å². The first kappa shape index (κ1) is 20.3. The molecule has 0 spiro atoms. The fraction of sp³-hybridized carbons (Fsp3) is 0.136. The lowest BCUT2D eigenvalue weighted by molar-refractivity contribution is -0.116. The zero-order chi connectivity index (χ0) is 20.9. The minimum absolute atomic E-state index is 0.142. The predicted molar refractivity (Wildman–Crippen MR) is 116 cm³/mol. The molecule has 1 amide bonds. The Bertz CT molecular complexity index is 1160. The number of nitrogens with zero attached hydrogens (tertiary/aromatic N) is 2. The van der Waals surface area contributed by atoms with E-state index < -0.39 is 0 Å². The molecule has 152 valence electrons. The molecule has 2 aromatic heterocycles. The summed E-state index contributed by atoms with van der Waals surface area (Å²) in [6.45, 7) is 1.97. The number of amides is 1. The van der Waals surface area contributed by atoms with Crippen LogP contribution in [0.15, 0.2) is 73.8 Å². The molecule has 0 radical (unpaired) electrons. The van der Waals surface area contributed by atoms with E-state index in [1.54, 1.807) is 41.3 Å². The first-order valence-corrected chi connectivity index (χ1v) is 11.0. The molecule has 0 bridgehead atoms. The molecule has 0 unspecified atom stereocenters. The van der Waals surface area contributed by atoms with Gasteiger partial charge in [-0.3, -0.25) is 4.79 Å². The molecule has 2 aromatic carbocycles. The maximum absolute atomic E-state index is 13.8. The molecule has 1 N–H and O–H groups in total. The Labute approximate surface area is 181 Å². The van der Waals surface area contributed by atoms with Gasteiger partial charge in [-0.2, -0.15) is 0 Å². The predicted octanol–water partition coefficient (Wildman–Crippen LogP) is 5.97. The monoisotopic (exact) mass is 439 g/mol. The molecule has 30 heavy (non-hydrogen) atoms. The standard InChI is InChI=1S/C22H18FN3O2S2/c1-14-13-29-22(25-14)30-16-8-6-15(7-9-16)26-20(27)10-11-21-24-12-19(28-21)17-4-2-3-5-18(17)23/h2-9,12-13H,10-11H2,1H3,(H,26,27). The Hall–Kier alpha value is -2.97. The summed E-state index contributed by atoms with van der Waals surface area (Å²) in [5.41, 5.74) is 2.09. The third-order valence-corrected chi connectivity index (χ3v) is 6.26. The summed E-state index contributed by atoms with van der Waals surface area (Å²) in [7, 11) is 0. The van der Waals surface area contributed by atoms with Crippen LogP contribution in [0, 0.1) is 12.7 Å². The van der Waals surface area contributed by atoms with Crippen LogP contribution in [-0.4, -0.2) is 15.9 Å². The molecule has 4 aromatic rings. The van der Waals surface area contributed by atoms with Crippen LogP contribution in [0.1, 0.15) is 18.0 Å². The van der Waals surface area contributed by atoms with E-state index in [0.29, 0.717) is 23.6 Å². The second-order valence-corrected chi connectivity index (χ2v) is 8.71. The van der Waals surface area contributed by atoms with Gasteiger partial charge in [0, 0.05) is 34.5 Å². The smallest absolute Gasteiger partial charge is 0.224 e. The maximum atomic E-state index is 13.8. The zero-order valence-corrected chi connectivity index (χ0v) is 17.7. The number of thiazole rings is 1. The average Bonchev–Trinajstić information content (AvgIpc) is 3.37. The van der Waals surface area contributed by atoms with Crippen LogP contribution in [0.25, 0.3) is 11.3 Å². The lowest BCUT2D eigenvalue weighted by Crippen LogP contribution is -2.12. The summed E-state index contributed by atoms with van der Waals surface area (Å²) >= 11 is 3.20. The van der Waals surface area contributed by atoms with E-state index >= 15 is 0 Å². The van der Waals surface area contributed by atoms with E-state index in [9.17, 15) is 9.18 Å². The Morgan fingerprint density at radius 3 is 2.73 bits per heavy atom. The number of hydrogen-bond donors (Lipinski definition) is 1. The van der Waals surface area contributed by atoms with E-state index in [1.165, 1.54) is 12.3 Å². The fourth-order valence-corrected chi connectivity index (χ4v) is 4.55. The molecular weight excluding hydrogens is 421 g/mol. The largest absolute Gasteiger partial charge is 0.441 e. The van der Waals surface area contributed by atoms with Crippen molar-refractivity contribution < 1.29 is 13.6 Å². The number of nitrogens with one attached hydrogen (secondary N) is 1. The number of carbonyl (C=O) groups excluding carboxylic acids is 1. The van der Waals surface area contributed by atoms with Gasteiger partial charge in [0.25, 0.3) is 0 Å². The molecule has 5 nitrogen and oxygen atoms in total. The Kier molecular flexibility index (Phi) is 6.25. The molecule has 2 heterocycles. The Morgan fingerprint density at radius 2 is 2.00 bits per heavy atom. The molecule has 0 fully saturated rings. The van der Waals surface area contributed by atoms with Gasteiger partial charge in [-0.25, -0.2) is 14.4 Å². The van der Waals surface area contributed by atoms with Gasteiger partial charge in [0.1, 0.15) is 5.82 Å². The SMILES string of the molecule is Cc1csc(Sc2ccc(NC(=O)CCc3ncc(-c4ccccc4F)o3)cc2)n1. The van der Waals surface area contributed by atoms with E-state index in [2.05, 4.69) is 15.3 Å². The molecule has 4 rings (SSSR count). The maximum Gasteiger partial charge on any atom is 0.224 e. The van der Waals surface area contributed by atoms with Crippen LogP contribution in [-0.2, 0) is 11.2 Å². The van der Waals surface area contributed by atoms with Crippen LogP contribution in [0.3, 0.4) is 0 Å². The van der Waals surface area contributed by atoms with Crippen molar-refractivity contribution in [2.45, 2.75) is 29.0 Å². The van der Waals surface area contributed by atoms with Crippen LogP contribution in [0.5, 0.6) is 0 Å². The van der Waals surface area contributed by atoms with Crippen LogP contribution >= 0.6 is 23.1 Å². The number of carbonyl (C=O) groups is 1.